The Morgan fingerprint density at radius 2 is 1.76 bits per heavy atom. The van der Waals surface area contributed by atoms with Crippen molar-refractivity contribution in [3.8, 4) is 0 Å². The third-order valence-electron chi connectivity index (χ3n) is 2.74. The van der Waals surface area contributed by atoms with Gasteiger partial charge in [-0.05, 0) is 24.6 Å². The van der Waals surface area contributed by atoms with Crippen LogP contribution in [0.1, 0.15) is 5.56 Å². The van der Waals surface area contributed by atoms with Crippen LogP contribution in [-0.4, -0.2) is 8.42 Å². The van der Waals surface area contributed by atoms with E-state index in [0.29, 0.717) is 17.7 Å². The summed E-state index contributed by atoms with van der Waals surface area (Å²) in [6.07, 6.45) is 0. The Balaban J connectivity index is 2.50. The summed E-state index contributed by atoms with van der Waals surface area (Å²) in [4.78, 5) is -0.202. The largest absolute Gasteiger partial charge is 0.399 e. The number of rotatable bonds is 3. The van der Waals surface area contributed by atoms with E-state index >= 15 is 0 Å². The van der Waals surface area contributed by atoms with Crippen molar-refractivity contribution in [2.24, 2.45) is 0 Å². The van der Waals surface area contributed by atoms with Crippen LogP contribution in [0, 0.1) is 24.4 Å². The Morgan fingerprint density at radius 3 is 2.43 bits per heavy atom. The molecular formula is C13H11F3N2O2S. The monoisotopic (exact) mass is 316 g/mol. The quantitative estimate of drug-likeness (QED) is 0.675. The topological polar surface area (TPSA) is 72.2 Å². The molecule has 4 nitrogen and oxygen atoms in total. The average Bonchev–Trinajstić information content (AvgIpc) is 2.37. The molecule has 0 saturated heterocycles. The molecule has 2 aromatic rings. The van der Waals surface area contributed by atoms with Crippen LogP contribution in [-0.2, 0) is 10.0 Å². The van der Waals surface area contributed by atoms with Crippen LogP contribution >= 0.6 is 0 Å². The van der Waals surface area contributed by atoms with Crippen LogP contribution in [0.5, 0.6) is 0 Å². The number of nitrogens with one attached hydrogen (secondary N) is 1. The van der Waals surface area contributed by atoms with Crippen molar-refractivity contribution in [2.45, 2.75) is 11.8 Å². The number of nitrogens with two attached hydrogens (primary N) is 1. The van der Waals surface area contributed by atoms with Crippen LogP contribution in [0.4, 0.5) is 24.5 Å². The van der Waals surface area contributed by atoms with Crippen LogP contribution < -0.4 is 10.5 Å². The first-order valence-corrected chi connectivity index (χ1v) is 7.22. The predicted octanol–water partition coefficient (Wildman–Crippen LogP) is 2.80. The number of nitrogen functional groups attached to an aromatic ring is 1. The summed E-state index contributed by atoms with van der Waals surface area (Å²) in [6, 6.07) is 5.00. The molecule has 0 amide bonds. The normalized spacial score (nSPS) is 11.4. The second-order valence-corrected chi connectivity index (χ2v) is 6.03. The first kappa shape index (κ1) is 15.2. The van der Waals surface area contributed by atoms with Gasteiger partial charge in [-0.1, -0.05) is 6.07 Å². The standard InChI is InChI=1S/C13H11F3N2O2S/c1-7-2-3-9(17)6-12(7)21(19,20)18-11-5-8(14)4-10(15)13(11)16/h2-6,18H,17H2,1H3. The van der Waals surface area contributed by atoms with E-state index in [0.717, 1.165) is 0 Å². The van der Waals surface area contributed by atoms with Gasteiger partial charge in [0, 0.05) is 17.8 Å². The Labute approximate surface area is 119 Å². The van der Waals surface area contributed by atoms with Crippen LogP contribution in [0.25, 0.3) is 0 Å². The molecule has 0 radical (unpaired) electrons. The highest BCUT2D eigenvalue weighted by Gasteiger charge is 2.21. The Bertz CT molecular complexity index is 807. The lowest BCUT2D eigenvalue weighted by atomic mass is 10.2. The molecule has 0 aliphatic heterocycles. The predicted molar refractivity (Wildman–Crippen MR) is 72.7 cm³/mol. The number of hydrogen-bond donors (Lipinski definition) is 2. The number of benzene rings is 2. The zero-order valence-electron chi connectivity index (χ0n) is 10.8. The first-order valence-electron chi connectivity index (χ1n) is 5.74. The van der Waals surface area contributed by atoms with Crippen molar-refractivity contribution < 1.29 is 21.6 Å². The highest BCUT2D eigenvalue weighted by atomic mass is 32.2. The van der Waals surface area contributed by atoms with Crippen molar-refractivity contribution >= 4 is 21.4 Å². The maximum atomic E-state index is 13.5. The Kier molecular flexibility index (Phi) is 3.82. The van der Waals surface area contributed by atoms with Crippen molar-refractivity contribution in [2.75, 3.05) is 10.5 Å². The minimum atomic E-state index is -4.23. The number of aryl methyl sites for hydroxylation is 1. The van der Waals surface area contributed by atoms with Gasteiger partial charge in [0.05, 0.1) is 10.6 Å². The van der Waals surface area contributed by atoms with Gasteiger partial charge in [0.2, 0.25) is 0 Å². The molecule has 3 N–H and O–H groups in total. The van der Waals surface area contributed by atoms with Gasteiger partial charge >= 0.3 is 0 Å². The van der Waals surface area contributed by atoms with E-state index in [1.54, 1.807) is 0 Å². The first-order chi connectivity index (χ1) is 9.70. The SMILES string of the molecule is Cc1ccc(N)cc1S(=O)(=O)Nc1cc(F)cc(F)c1F. The molecule has 0 aromatic heterocycles. The maximum Gasteiger partial charge on any atom is 0.262 e. The van der Waals surface area contributed by atoms with Gasteiger partial charge in [-0.15, -0.1) is 0 Å². The van der Waals surface area contributed by atoms with E-state index in [1.165, 1.54) is 25.1 Å². The molecule has 2 rings (SSSR count). The van der Waals surface area contributed by atoms with Gasteiger partial charge in [-0.2, -0.15) is 0 Å². The molecule has 8 heteroatoms. The highest BCUT2D eigenvalue weighted by molar-refractivity contribution is 7.92. The molecule has 0 bridgehead atoms. The summed E-state index contributed by atoms with van der Waals surface area (Å²) in [7, 11) is -4.23. The molecule has 0 atom stereocenters. The van der Waals surface area contributed by atoms with Gasteiger partial charge in [-0.25, -0.2) is 21.6 Å². The van der Waals surface area contributed by atoms with Crippen LogP contribution in [0.15, 0.2) is 35.2 Å². The summed E-state index contributed by atoms with van der Waals surface area (Å²) < 4.78 is 65.8. The number of sulfonamides is 1. The van der Waals surface area contributed by atoms with Crippen molar-refractivity contribution in [3.63, 3.8) is 0 Å². The van der Waals surface area contributed by atoms with E-state index < -0.39 is 33.2 Å². The molecule has 0 fully saturated rings. The van der Waals surface area contributed by atoms with E-state index in [2.05, 4.69) is 0 Å². The molecule has 112 valence electrons. The lowest BCUT2D eigenvalue weighted by molar-refractivity contribution is 0.498. The van der Waals surface area contributed by atoms with Crippen molar-refractivity contribution in [1.82, 2.24) is 0 Å². The van der Waals surface area contributed by atoms with Gasteiger partial charge in [0.1, 0.15) is 5.82 Å². The molecular weight excluding hydrogens is 305 g/mol. The zero-order valence-corrected chi connectivity index (χ0v) is 11.6. The molecule has 0 saturated carbocycles. The third-order valence-corrected chi connectivity index (χ3v) is 4.25. The van der Waals surface area contributed by atoms with Crippen molar-refractivity contribution in [1.29, 1.82) is 0 Å². The second kappa shape index (κ2) is 5.28. The highest BCUT2D eigenvalue weighted by Crippen LogP contribution is 2.25. The number of anilines is 2. The molecule has 21 heavy (non-hydrogen) atoms. The minimum absolute atomic E-state index is 0.187. The summed E-state index contributed by atoms with van der Waals surface area (Å²) >= 11 is 0. The fourth-order valence-corrected chi connectivity index (χ4v) is 3.07. The number of halogens is 3. The summed E-state index contributed by atoms with van der Waals surface area (Å²) in [5.74, 6) is -4.07. The summed E-state index contributed by atoms with van der Waals surface area (Å²) in [5, 5.41) is 0. The molecule has 0 unspecified atom stereocenters. The van der Waals surface area contributed by atoms with E-state index in [9.17, 15) is 21.6 Å². The van der Waals surface area contributed by atoms with E-state index in [-0.39, 0.29) is 10.6 Å². The van der Waals surface area contributed by atoms with Gasteiger partial charge in [0.25, 0.3) is 10.0 Å². The molecule has 0 aliphatic carbocycles. The molecule has 0 aliphatic rings. The molecule has 0 spiro atoms. The average molecular weight is 316 g/mol. The second-order valence-electron chi connectivity index (χ2n) is 4.38. The molecule has 2 aromatic carbocycles. The lowest BCUT2D eigenvalue weighted by Gasteiger charge is -2.12. The lowest BCUT2D eigenvalue weighted by Crippen LogP contribution is -2.16. The van der Waals surface area contributed by atoms with Gasteiger partial charge in [-0.3, -0.25) is 4.72 Å². The van der Waals surface area contributed by atoms with E-state index in [1.807, 2.05) is 4.72 Å². The smallest absolute Gasteiger partial charge is 0.262 e. The maximum absolute atomic E-state index is 13.5. The Hall–Kier alpha value is -2.22. The fraction of sp³-hybridized carbons (Fsp3) is 0.0769. The Morgan fingerprint density at radius 1 is 1.10 bits per heavy atom. The summed E-state index contributed by atoms with van der Waals surface area (Å²) in [6.45, 7) is 1.51. The van der Waals surface area contributed by atoms with E-state index in [4.69, 9.17) is 5.73 Å². The van der Waals surface area contributed by atoms with Crippen LogP contribution in [0.2, 0.25) is 0 Å². The fourth-order valence-electron chi connectivity index (χ4n) is 1.74. The zero-order chi connectivity index (χ0) is 15.8. The van der Waals surface area contributed by atoms with Gasteiger partial charge < -0.3 is 5.73 Å². The third kappa shape index (κ3) is 3.10. The molecule has 0 heterocycles. The van der Waals surface area contributed by atoms with Crippen LogP contribution in [0.3, 0.4) is 0 Å². The van der Waals surface area contributed by atoms with Gasteiger partial charge in [0.15, 0.2) is 11.6 Å². The minimum Gasteiger partial charge on any atom is -0.399 e. The van der Waals surface area contributed by atoms with Crippen molar-refractivity contribution in [3.05, 3.63) is 53.3 Å². The number of hydrogen-bond acceptors (Lipinski definition) is 3. The summed E-state index contributed by atoms with van der Waals surface area (Å²) in [5.41, 5.74) is 5.24.